The first-order valence-corrected chi connectivity index (χ1v) is 9.30. The summed E-state index contributed by atoms with van der Waals surface area (Å²) in [5.74, 6) is 0.668. The van der Waals surface area contributed by atoms with Gasteiger partial charge in [-0.1, -0.05) is 19.4 Å². The molecule has 0 aliphatic carbocycles. The largest absolute Gasteiger partial charge is 0.305 e. The molecule has 1 fully saturated rings. The van der Waals surface area contributed by atoms with E-state index in [0.717, 1.165) is 25.7 Å². The van der Waals surface area contributed by atoms with Gasteiger partial charge in [-0.2, -0.15) is 0 Å². The first-order chi connectivity index (χ1) is 8.61. The van der Waals surface area contributed by atoms with Gasteiger partial charge in [-0.25, -0.2) is 8.42 Å². The molecule has 0 spiro atoms. The lowest BCUT2D eigenvalue weighted by atomic mass is 10.1. The fourth-order valence-electron chi connectivity index (χ4n) is 2.52. The van der Waals surface area contributed by atoms with Crippen LogP contribution < -0.4 is 5.32 Å². The number of rotatable bonds is 5. The van der Waals surface area contributed by atoms with E-state index in [-0.39, 0.29) is 6.04 Å². The molecule has 1 N–H and O–H groups in total. The molecule has 0 amide bonds. The average Bonchev–Trinajstić information content (AvgIpc) is 2.80. The molecule has 5 heteroatoms. The molecule has 2 atom stereocenters. The van der Waals surface area contributed by atoms with Gasteiger partial charge in [0.25, 0.3) is 0 Å². The SMILES string of the molecule is CCCC(NC1CCCS(=O)(=O)C1)c1cccs1. The Morgan fingerprint density at radius 3 is 3.00 bits per heavy atom. The fourth-order valence-corrected chi connectivity index (χ4v) is 5.00. The second-order valence-electron chi connectivity index (χ2n) is 4.98. The molecule has 2 rings (SSSR count). The van der Waals surface area contributed by atoms with Crippen LogP contribution in [0.4, 0.5) is 0 Å². The summed E-state index contributed by atoms with van der Waals surface area (Å²) in [5, 5.41) is 5.63. The third kappa shape index (κ3) is 3.80. The monoisotopic (exact) mass is 287 g/mol. The molecule has 0 saturated carbocycles. The van der Waals surface area contributed by atoms with E-state index >= 15 is 0 Å². The molecule has 18 heavy (non-hydrogen) atoms. The zero-order chi connectivity index (χ0) is 13.0. The van der Waals surface area contributed by atoms with Crippen LogP contribution in [0.5, 0.6) is 0 Å². The highest BCUT2D eigenvalue weighted by Crippen LogP contribution is 2.25. The van der Waals surface area contributed by atoms with Gasteiger partial charge in [-0.05, 0) is 30.7 Å². The van der Waals surface area contributed by atoms with E-state index in [1.165, 1.54) is 4.88 Å². The van der Waals surface area contributed by atoms with E-state index in [4.69, 9.17) is 0 Å². The lowest BCUT2D eigenvalue weighted by Crippen LogP contribution is -2.41. The minimum absolute atomic E-state index is 0.127. The molecule has 2 heterocycles. The second kappa shape index (κ2) is 6.17. The van der Waals surface area contributed by atoms with Gasteiger partial charge >= 0.3 is 0 Å². The minimum Gasteiger partial charge on any atom is -0.305 e. The maximum absolute atomic E-state index is 11.6. The first kappa shape index (κ1) is 14.0. The van der Waals surface area contributed by atoms with Crippen molar-refractivity contribution in [2.75, 3.05) is 11.5 Å². The van der Waals surface area contributed by atoms with Gasteiger partial charge < -0.3 is 5.32 Å². The van der Waals surface area contributed by atoms with Crippen molar-refractivity contribution in [3.63, 3.8) is 0 Å². The van der Waals surface area contributed by atoms with E-state index in [9.17, 15) is 8.42 Å². The van der Waals surface area contributed by atoms with Gasteiger partial charge in [0.05, 0.1) is 11.5 Å². The quantitative estimate of drug-likeness (QED) is 0.906. The Morgan fingerprint density at radius 1 is 1.56 bits per heavy atom. The van der Waals surface area contributed by atoms with Gasteiger partial charge in [0.2, 0.25) is 0 Å². The predicted octanol–water partition coefficient (Wildman–Crippen LogP) is 2.76. The smallest absolute Gasteiger partial charge is 0.151 e. The van der Waals surface area contributed by atoms with Crippen LogP contribution in [0.3, 0.4) is 0 Å². The molecule has 1 aromatic rings. The average molecular weight is 287 g/mol. The summed E-state index contributed by atoms with van der Waals surface area (Å²) in [5.41, 5.74) is 0. The van der Waals surface area contributed by atoms with Crippen molar-refractivity contribution in [1.29, 1.82) is 0 Å². The Hall–Kier alpha value is -0.390. The van der Waals surface area contributed by atoms with Crippen molar-refractivity contribution < 1.29 is 8.42 Å². The summed E-state index contributed by atoms with van der Waals surface area (Å²) < 4.78 is 23.3. The molecular formula is C13H21NO2S2. The molecule has 1 saturated heterocycles. The van der Waals surface area contributed by atoms with Gasteiger partial charge in [-0.15, -0.1) is 11.3 Å². The molecule has 1 aliphatic heterocycles. The van der Waals surface area contributed by atoms with Gasteiger partial charge in [0.1, 0.15) is 0 Å². The Morgan fingerprint density at radius 2 is 2.39 bits per heavy atom. The van der Waals surface area contributed by atoms with Crippen molar-refractivity contribution in [2.45, 2.75) is 44.7 Å². The van der Waals surface area contributed by atoms with E-state index in [1.54, 1.807) is 11.3 Å². The Kier molecular flexibility index (Phi) is 4.81. The molecule has 3 nitrogen and oxygen atoms in total. The molecule has 102 valence electrons. The van der Waals surface area contributed by atoms with Crippen LogP contribution in [0.1, 0.15) is 43.5 Å². The molecule has 0 aromatic carbocycles. The number of hydrogen-bond acceptors (Lipinski definition) is 4. The Bertz CT molecular complexity index is 453. The zero-order valence-electron chi connectivity index (χ0n) is 10.8. The molecule has 0 radical (unpaired) electrons. The highest BCUT2D eigenvalue weighted by atomic mass is 32.2. The molecule has 0 bridgehead atoms. The van der Waals surface area contributed by atoms with Crippen molar-refractivity contribution in [1.82, 2.24) is 5.32 Å². The van der Waals surface area contributed by atoms with Crippen LogP contribution in [0.2, 0.25) is 0 Å². The first-order valence-electron chi connectivity index (χ1n) is 6.60. The summed E-state index contributed by atoms with van der Waals surface area (Å²) in [6.45, 7) is 2.17. The van der Waals surface area contributed by atoms with Gasteiger partial charge in [0.15, 0.2) is 9.84 Å². The van der Waals surface area contributed by atoms with Gasteiger partial charge in [0, 0.05) is 17.0 Å². The third-order valence-corrected chi connectivity index (χ3v) is 6.17. The topological polar surface area (TPSA) is 46.2 Å². The van der Waals surface area contributed by atoms with Crippen LogP contribution in [-0.4, -0.2) is 26.0 Å². The van der Waals surface area contributed by atoms with Crippen LogP contribution in [0.25, 0.3) is 0 Å². The van der Waals surface area contributed by atoms with Crippen molar-refractivity contribution in [2.24, 2.45) is 0 Å². The summed E-state index contributed by atoms with van der Waals surface area (Å²) >= 11 is 1.75. The highest BCUT2D eigenvalue weighted by Gasteiger charge is 2.26. The predicted molar refractivity (Wildman–Crippen MR) is 76.8 cm³/mol. The molecule has 2 unspecified atom stereocenters. The maximum Gasteiger partial charge on any atom is 0.151 e. The zero-order valence-corrected chi connectivity index (χ0v) is 12.4. The highest BCUT2D eigenvalue weighted by molar-refractivity contribution is 7.91. The van der Waals surface area contributed by atoms with E-state index < -0.39 is 9.84 Å². The van der Waals surface area contributed by atoms with Crippen LogP contribution in [0, 0.1) is 0 Å². The summed E-state index contributed by atoms with van der Waals surface area (Å²) in [6, 6.07) is 4.63. The fraction of sp³-hybridized carbons (Fsp3) is 0.692. The summed E-state index contributed by atoms with van der Waals surface area (Å²) in [7, 11) is -2.82. The maximum atomic E-state index is 11.6. The van der Waals surface area contributed by atoms with Crippen molar-refractivity contribution in [3.8, 4) is 0 Å². The molecular weight excluding hydrogens is 266 g/mol. The summed E-state index contributed by atoms with van der Waals surface area (Å²) in [4.78, 5) is 1.32. The van der Waals surface area contributed by atoms with Gasteiger partial charge in [-0.3, -0.25) is 0 Å². The second-order valence-corrected chi connectivity index (χ2v) is 8.18. The number of thiophene rings is 1. The number of sulfone groups is 1. The van der Waals surface area contributed by atoms with E-state index in [1.807, 2.05) is 0 Å². The van der Waals surface area contributed by atoms with Crippen molar-refractivity contribution >= 4 is 21.2 Å². The Labute approximate surface area is 114 Å². The van der Waals surface area contributed by atoms with E-state index in [0.29, 0.717) is 17.5 Å². The molecule has 1 aromatic heterocycles. The normalized spacial score (nSPS) is 24.8. The van der Waals surface area contributed by atoms with E-state index in [2.05, 4.69) is 29.8 Å². The van der Waals surface area contributed by atoms with Crippen molar-refractivity contribution in [3.05, 3.63) is 22.4 Å². The number of nitrogens with one attached hydrogen (secondary N) is 1. The van der Waals surface area contributed by atoms with Crippen LogP contribution in [0.15, 0.2) is 17.5 Å². The lowest BCUT2D eigenvalue weighted by molar-refractivity contribution is 0.407. The summed E-state index contributed by atoms with van der Waals surface area (Å²) in [6.07, 6.45) is 3.94. The minimum atomic E-state index is -2.82. The van der Waals surface area contributed by atoms with Crippen LogP contribution >= 0.6 is 11.3 Å². The lowest BCUT2D eigenvalue weighted by Gasteiger charge is -2.28. The molecule has 1 aliphatic rings. The number of hydrogen-bond donors (Lipinski definition) is 1. The van der Waals surface area contributed by atoms with Crippen LogP contribution in [-0.2, 0) is 9.84 Å². The standard InChI is InChI=1S/C13H21NO2S2/c1-2-5-12(13-7-3-8-17-13)14-11-6-4-9-18(15,16)10-11/h3,7-8,11-12,14H,2,4-6,9-10H2,1H3. The third-order valence-electron chi connectivity index (χ3n) is 3.36. The Balaban J connectivity index is 2.01.